The number of aromatic nitrogens is 2. The minimum atomic E-state index is -3.50. The molecule has 0 saturated heterocycles. The summed E-state index contributed by atoms with van der Waals surface area (Å²) in [6, 6.07) is 3.39. The summed E-state index contributed by atoms with van der Waals surface area (Å²) in [6.45, 7) is 5.46. The molecule has 21 heavy (non-hydrogen) atoms. The van der Waals surface area contributed by atoms with E-state index in [1.54, 1.807) is 25.3 Å². The summed E-state index contributed by atoms with van der Waals surface area (Å²) in [7, 11) is -3.50. The Kier molecular flexibility index (Phi) is 5.40. The maximum absolute atomic E-state index is 12.2. The number of aryl methyl sites for hydroxylation is 1. The van der Waals surface area contributed by atoms with Gasteiger partial charge in [-0.15, -0.1) is 11.3 Å². The zero-order valence-electron chi connectivity index (χ0n) is 12.0. The average molecular weight is 326 g/mol. The first-order chi connectivity index (χ1) is 10.0. The van der Waals surface area contributed by atoms with Crippen molar-refractivity contribution in [3.05, 3.63) is 40.8 Å². The summed E-state index contributed by atoms with van der Waals surface area (Å²) in [5.41, 5.74) is 1.62. The second kappa shape index (κ2) is 7.08. The van der Waals surface area contributed by atoms with Crippen LogP contribution in [0.4, 0.5) is 0 Å². The van der Waals surface area contributed by atoms with Crippen molar-refractivity contribution in [3.8, 4) is 0 Å². The van der Waals surface area contributed by atoms with Crippen LogP contribution in [0.3, 0.4) is 0 Å². The molecule has 2 N–H and O–H groups in total. The highest BCUT2D eigenvalue weighted by atomic mass is 32.2. The van der Waals surface area contributed by atoms with Crippen molar-refractivity contribution >= 4 is 21.4 Å². The Bertz CT molecular complexity index is 698. The summed E-state index contributed by atoms with van der Waals surface area (Å²) >= 11 is 1.22. The Morgan fingerprint density at radius 2 is 2.14 bits per heavy atom. The molecule has 0 saturated carbocycles. The molecule has 0 aliphatic carbocycles. The molecular formula is C13H18N4O2S2. The maximum atomic E-state index is 12.2. The van der Waals surface area contributed by atoms with Crippen LogP contribution in [-0.4, -0.2) is 24.9 Å². The summed E-state index contributed by atoms with van der Waals surface area (Å²) < 4.78 is 27.3. The van der Waals surface area contributed by atoms with E-state index < -0.39 is 10.0 Å². The van der Waals surface area contributed by atoms with Crippen LogP contribution in [0.15, 0.2) is 27.9 Å². The first-order valence-electron chi connectivity index (χ1n) is 6.57. The van der Waals surface area contributed by atoms with Gasteiger partial charge in [0.05, 0.1) is 12.2 Å². The van der Waals surface area contributed by atoms with E-state index in [1.807, 2.05) is 12.3 Å². The van der Waals surface area contributed by atoms with Gasteiger partial charge in [-0.1, -0.05) is 6.92 Å². The van der Waals surface area contributed by atoms with E-state index in [0.29, 0.717) is 22.3 Å². The highest BCUT2D eigenvalue weighted by molar-refractivity contribution is 7.91. The van der Waals surface area contributed by atoms with Crippen LogP contribution < -0.4 is 10.0 Å². The zero-order valence-corrected chi connectivity index (χ0v) is 13.6. The van der Waals surface area contributed by atoms with E-state index in [0.717, 1.165) is 12.1 Å². The Morgan fingerprint density at radius 3 is 2.86 bits per heavy atom. The number of hydrogen-bond donors (Lipinski definition) is 2. The van der Waals surface area contributed by atoms with Crippen molar-refractivity contribution in [2.24, 2.45) is 0 Å². The molecule has 0 spiro atoms. The van der Waals surface area contributed by atoms with Gasteiger partial charge in [-0.2, -0.15) is 0 Å². The van der Waals surface area contributed by atoms with E-state index in [-0.39, 0.29) is 6.54 Å². The number of rotatable bonds is 7. The van der Waals surface area contributed by atoms with E-state index in [2.05, 4.69) is 20.0 Å². The van der Waals surface area contributed by atoms with E-state index >= 15 is 0 Å². The summed E-state index contributed by atoms with van der Waals surface area (Å²) in [5.74, 6) is 0.621. The number of sulfonamides is 1. The van der Waals surface area contributed by atoms with Gasteiger partial charge in [-0.3, -0.25) is 0 Å². The van der Waals surface area contributed by atoms with Crippen LogP contribution in [0.25, 0.3) is 0 Å². The van der Waals surface area contributed by atoms with Crippen LogP contribution in [0.2, 0.25) is 0 Å². The van der Waals surface area contributed by atoms with Crippen LogP contribution in [0, 0.1) is 6.92 Å². The molecule has 0 amide bonds. The average Bonchev–Trinajstić information content (AvgIpc) is 2.93. The predicted molar refractivity (Wildman–Crippen MR) is 82.5 cm³/mol. The van der Waals surface area contributed by atoms with Gasteiger partial charge in [0.25, 0.3) is 0 Å². The molecule has 2 rings (SSSR count). The molecule has 2 heterocycles. The van der Waals surface area contributed by atoms with Gasteiger partial charge < -0.3 is 5.32 Å². The fraction of sp³-hybridized carbons (Fsp3) is 0.385. The molecule has 2 aromatic rings. The van der Waals surface area contributed by atoms with E-state index in [9.17, 15) is 8.42 Å². The molecule has 0 aliphatic rings. The smallest absolute Gasteiger partial charge is 0.250 e. The lowest BCUT2D eigenvalue weighted by atomic mass is 10.3. The summed E-state index contributed by atoms with van der Waals surface area (Å²) in [5, 5.41) is 5.02. The lowest BCUT2D eigenvalue weighted by Gasteiger charge is -2.04. The molecule has 6 nitrogen and oxygen atoms in total. The molecule has 0 aromatic carbocycles. The van der Waals surface area contributed by atoms with Crippen molar-refractivity contribution in [2.75, 3.05) is 6.54 Å². The third-order valence-corrected chi connectivity index (χ3v) is 5.64. The number of hydrogen-bond acceptors (Lipinski definition) is 6. The highest BCUT2D eigenvalue weighted by Gasteiger charge is 2.16. The molecule has 2 aromatic heterocycles. The fourth-order valence-corrected chi connectivity index (χ4v) is 3.95. The van der Waals surface area contributed by atoms with Gasteiger partial charge in [0.1, 0.15) is 10.0 Å². The minimum Gasteiger partial charge on any atom is -0.313 e. The van der Waals surface area contributed by atoms with E-state index in [4.69, 9.17) is 0 Å². The molecule has 0 bridgehead atoms. The molecule has 0 atom stereocenters. The largest absolute Gasteiger partial charge is 0.313 e. The topological polar surface area (TPSA) is 84.0 Å². The molecule has 8 heteroatoms. The molecule has 0 fully saturated rings. The van der Waals surface area contributed by atoms with Gasteiger partial charge in [-0.25, -0.2) is 23.1 Å². The fourth-order valence-electron chi connectivity index (χ4n) is 1.70. The van der Waals surface area contributed by atoms with Gasteiger partial charge in [0, 0.05) is 12.7 Å². The van der Waals surface area contributed by atoms with Crippen molar-refractivity contribution < 1.29 is 8.42 Å². The second-order valence-corrected chi connectivity index (χ2v) is 7.38. The number of nitrogens with zero attached hydrogens (tertiary/aromatic N) is 2. The predicted octanol–water partition coefficient (Wildman–Crippen LogP) is 1.43. The number of thiophene rings is 1. The van der Waals surface area contributed by atoms with Crippen molar-refractivity contribution in [3.63, 3.8) is 0 Å². The van der Waals surface area contributed by atoms with Crippen LogP contribution in [-0.2, 0) is 23.1 Å². The number of nitrogens with one attached hydrogen (secondary N) is 2. The monoisotopic (exact) mass is 326 g/mol. The minimum absolute atomic E-state index is 0.159. The Hall–Kier alpha value is -1.35. The lowest BCUT2D eigenvalue weighted by Crippen LogP contribution is -2.23. The molecule has 0 radical (unpaired) electrons. The Morgan fingerprint density at radius 1 is 1.33 bits per heavy atom. The van der Waals surface area contributed by atoms with Gasteiger partial charge in [-0.05, 0) is 36.5 Å². The standard InChI is InChI=1S/C13H18N4O2S2/c1-3-14-7-11-6-13(20-9-11)21(18,19)16-8-12-4-5-15-10(2)17-12/h4-6,9,14,16H,3,7-8H2,1-2H3. The van der Waals surface area contributed by atoms with Crippen molar-refractivity contribution in [1.29, 1.82) is 0 Å². The van der Waals surface area contributed by atoms with Gasteiger partial charge in [0.2, 0.25) is 10.0 Å². The third kappa shape index (κ3) is 4.57. The van der Waals surface area contributed by atoms with Crippen molar-refractivity contribution in [2.45, 2.75) is 31.1 Å². The zero-order chi connectivity index (χ0) is 15.3. The van der Waals surface area contributed by atoms with Crippen molar-refractivity contribution in [1.82, 2.24) is 20.0 Å². The Labute approximate surface area is 128 Å². The quantitative estimate of drug-likeness (QED) is 0.804. The Balaban J connectivity index is 2.02. The lowest BCUT2D eigenvalue weighted by molar-refractivity contribution is 0.582. The maximum Gasteiger partial charge on any atom is 0.250 e. The normalized spacial score (nSPS) is 11.7. The summed E-state index contributed by atoms with van der Waals surface area (Å²) in [4.78, 5) is 8.15. The highest BCUT2D eigenvalue weighted by Crippen LogP contribution is 2.20. The van der Waals surface area contributed by atoms with Gasteiger partial charge in [0.15, 0.2) is 0 Å². The SMILES string of the molecule is CCNCc1csc(S(=O)(=O)NCc2ccnc(C)n2)c1. The molecule has 0 aliphatic heterocycles. The van der Waals surface area contributed by atoms with Crippen LogP contribution in [0.1, 0.15) is 24.0 Å². The van der Waals surface area contributed by atoms with Crippen LogP contribution >= 0.6 is 11.3 Å². The molecular weight excluding hydrogens is 308 g/mol. The molecule has 0 unspecified atom stereocenters. The van der Waals surface area contributed by atoms with Gasteiger partial charge >= 0.3 is 0 Å². The first-order valence-corrected chi connectivity index (χ1v) is 8.94. The molecule has 114 valence electrons. The van der Waals surface area contributed by atoms with Crippen LogP contribution in [0.5, 0.6) is 0 Å². The first kappa shape index (κ1) is 16.0. The summed E-state index contributed by atoms with van der Waals surface area (Å²) in [6.07, 6.45) is 1.62. The second-order valence-electron chi connectivity index (χ2n) is 4.47. The van der Waals surface area contributed by atoms with E-state index in [1.165, 1.54) is 11.3 Å². The third-order valence-electron chi connectivity index (χ3n) is 2.75.